The largest absolute Gasteiger partial charge is 0.481 e. The predicted molar refractivity (Wildman–Crippen MR) is 221 cm³/mol. The Bertz CT molecular complexity index is 2190. The fraction of sp³-hybridized carbons (Fsp3) is 0.395. The number of aryl methyl sites for hydroxylation is 3. The number of nitrogens with one attached hydrogen (secondary N) is 2. The molecule has 0 unspecified atom stereocenters. The molecule has 4 N–H and O–H groups in total. The molecule has 0 saturated carbocycles. The highest BCUT2D eigenvalue weighted by Gasteiger charge is 2.35. The van der Waals surface area contributed by atoms with Gasteiger partial charge in [0.2, 0.25) is 10.0 Å². The van der Waals surface area contributed by atoms with Crippen LogP contribution in [0.15, 0.2) is 77.7 Å². The van der Waals surface area contributed by atoms with E-state index in [1.165, 1.54) is 33.8 Å². The maximum Gasteiger partial charge on any atom is 0.335 e. The predicted octanol–water partition coefficient (Wildman–Crippen LogP) is 7.34. The number of hydrogen-bond acceptors (Lipinski definition) is 8. The zero-order chi connectivity index (χ0) is 40.7. The number of aromatic carboxylic acids is 1. The van der Waals surface area contributed by atoms with E-state index in [1.807, 2.05) is 36.4 Å². The number of carbonyl (C=O) groups is 4. The topological polar surface area (TPSA) is 173 Å². The highest BCUT2D eigenvalue weighted by molar-refractivity contribution is 7.89. The van der Waals surface area contributed by atoms with Crippen molar-refractivity contribution >= 4 is 55.8 Å². The summed E-state index contributed by atoms with van der Waals surface area (Å²) in [6.07, 6.45) is 6.12. The summed E-state index contributed by atoms with van der Waals surface area (Å²) in [5, 5.41) is 24.8. The number of rotatable bonds is 16. The lowest BCUT2D eigenvalue weighted by molar-refractivity contribution is -0.137. The van der Waals surface area contributed by atoms with Crippen molar-refractivity contribution in [2.24, 2.45) is 0 Å². The molecule has 1 saturated heterocycles. The Hall–Kier alpha value is -4.89. The van der Waals surface area contributed by atoms with Crippen LogP contribution in [0.4, 0.5) is 10.7 Å². The smallest absolute Gasteiger partial charge is 0.335 e. The van der Waals surface area contributed by atoms with Gasteiger partial charge in [-0.2, -0.15) is 4.31 Å². The van der Waals surface area contributed by atoms with Crippen LogP contribution in [0.25, 0.3) is 0 Å². The Morgan fingerprint density at radius 2 is 1.49 bits per heavy atom. The van der Waals surface area contributed by atoms with Gasteiger partial charge in [-0.25, -0.2) is 13.2 Å². The molecule has 12 nitrogen and oxygen atoms in total. The molecule has 1 fully saturated rings. The minimum Gasteiger partial charge on any atom is -0.481 e. The molecule has 1 aromatic heterocycles. The monoisotopic (exact) mass is 814 g/mol. The number of thiophene rings is 1. The molecule has 302 valence electrons. The third-order valence-electron chi connectivity index (χ3n) is 10.8. The van der Waals surface area contributed by atoms with Crippen molar-refractivity contribution in [2.45, 2.75) is 95.0 Å². The second-order valence-electron chi connectivity index (χ2n) is 15.0. The minimum atomic E-state index is -4.09. The fourth-order valence-electron chi connectivity index (χ4n) is 7.63. The first kappa shape index (κ1) is 41.7. The molecular formula is C43H50N4O8S2. The van der Waals surface area contributed by atoms with E-state index in [0.29, 0.717) is 41.6 Å². The van der Waals surface area contributed by atoms with E-state index < -0.39 is 27.9 Å². The quantitative estimate of drug-likeness (QED) is 0.0903. The molecule has 14 heteroatoms. The second-order valence-corrected chi connectivity index (χ2v) is 18.0. The number of carboxylic acids is 2. The van der Waals surface area contributed by atoms with Gasteiger partial charge in [0.25, 0.3) is 11.8 Å². The van der Waals surface area contributed by atoms with Crippen molar-refractivity contribution in [1.82, 2.24) is 9.21 Å². The average Bonchev–Trinajstić information content (AvgIpc) is 3.57. The molecule has 2 amide bonds. The maximum absolute atomic E-state index is 14.2. The molecule has 1 aliphatic heterocycles. The Morgan fingerprint density at radius 3 is 2.12 bits per heavy atom. The van der Waals surface area contributed by atoms with Gasteiger partial charge in [0.05, 0.1) is 16.0 Å². The highest BCUT2D eigenvalue weighted by Crippen LogP contribution is 2.39. The molecule has 3 aromatic carbocycles. The summed E-state index contributed by atoms with van der Waals surface area (Å²) < 4.78 is 29.9. The van der Waals surface area contributed by atoms with Gasteiger partial charge >= 0.3 is 11.9 Å². The van der Waals surface area contributed by atoms with E-state index >= 15 is 0 Å². The van der Waals surface area contributed by atoms with E-state index in [4.69, 9.17) is 5.11 Å². The molecule has 0 atom stereocenters. The normalized spacial score (nSPS) is 15.0. The van der Waals surface area contributed by atoms with Crippen LogP contribution in [0.1, 0.15) is 105 Å². The van der Waals surface area contributed by atoms with Crippen molar-refractivity contribution in [2.75, 3.05) is 30.3 Å². The minimum absolute atomic E-state index is 0.0419. The van der Waals surface area contributed by atoms with E-state index in [1.54, 1.807) is 18.2 Å². The summed E-state index contributed by atoms with van der Waals surface area (Å²) in [6.45, 7) is 5.74. The zero-order valence-corrected chi connectivity index (χ0v) is 34.0. The number of piperidine rings is 1. The van der Waals surface area contributed by atoms with Crippen LogP contribution in [0.2, 0.25) is 0 Å². The second kappa shape index (κ2) is 18.6. The number of fused-ring (bicyclic) bond motifs is 1. The van der Waals surface area contributed by atoms with Gasteiger partial charge in [-0.1, -0.05) is 30.3 Å². The first-order valence-corrected chi connectivity index (χ1v) is 21.8. The molecule has 0 bridgehead atoms. The number of sulfonamides is 1. The molecule has 6 rings (SSSR count). The van der Waals surface area contributed by atoms with E-state index in [-0.39, 0.29) is 47.4 Å². The van der Waals surface area contributed by atoms with Crippen LogP contribution >= 0.6 is 11.3 Å². The standard InChI is InChI=1S/C43H50N4O8S2/c1-28(2)46-25-22-34(23-26-46)47(24-6-11-38(48)49)57(54,55)35-8-5-7-32(27-35)40(50)45-42-39(36-9-3-4-10-37(36)56-42)41(51)44-33-20-16-30(17-21-33)13-12-29-14-18-31(19-15-29)43(52)53/h5,7-8,14-21,27-28,34H,3-4,6,9-13,22-26H2,1-2H3,(H,44,51)(H,45,50)(H,48,49)(H,52,53). The number of benzene rings is 3. The molecule has 57 heavy (non-hydrogen) atoms. The Kier molecular flexibility index (Phi) is 13.6. The van der Waals surface area contributed by atoms with Gasteiger partial charge in [-0.3, -0.25) is 14.4 Å². The van der Waals surface area contributed by atoms with Gasteiger partial charge in [0.1, 0.15) is 5.00 Å². The lowest BCUT2D eigenvalue weighted by Crippen LogP contribution is -2.49. The number of anilines is 2. The zero-order valence-electron chi connectivity index (χ0n) is 32.3. The summed E-state index contributed by atoms with van der Waals surface area (Å²) in [7, 11) is -4.09. The third kappa shape index (κ3) is 10.4. The summed E-state index contributed by atoms with van der Waals surface area (Å²) in [6, 6.07) is 20.3. The maximum atomic E-state index is 14.2. The van der Waals surface area contributed by atoms with Gasteiger partial charge < -0.3 is 25.7 Å². The van der Waals surface area contributed by atoms with E-state index in [2.05, 4.69) is 29.4 Å². The summed E-state index contributed by atoms with van der Waals surface area (Å²) in [4.78, 5) is 53.6. The summed E-state index contributed by atoms with van der Waals surface area (Å²) >= 11 is 1.38. The van der Waals surface area contributed by atoms with Crippen LogP contribution in [0.5, 0.6) is 0 Å². The Balaban J connectivity index is 1.16. The number of amides is 2. The molecule has 1 aliphatic carbocycles. The number of likely N-dealkylation sites (tertiary alicyclic amines) is 1. The van der Waals surface area contributed by atoms with Gasteiger partial charge in [-0.15, -0.1) is 11.3 Å². The lowest BCUT2D eigenvalue weighted by Gasteiger charge is -2.39. The van der Waals surface area contributed by atoms with E-state index in [0.717, 1.165) is 66.8 Å². The summed E-state index contributed by atoms with van der Waals surface area (Å²) in [5.74, 6) is -2.83. The Labute approximate surface area is 338 Å². The Morgan fingerprint density at radius 1 is 0.842 bits per heavy atom. The van der Waals surface area contributed by atoms with Crippen molar-refractivity contribution in [1.29, 1.82) is 0 Å². The first-order valence-electron chi connectivity index (χ1n) is 19.6. The lowest BCUT2D eigenvalue weighted by atomic mass is 9.95. The SMILES string of the molecule is CC(C)N1CCC(N(CCCC(=O)O)S(=O)(=O)c2cccc(C(=O)Nc3sc4c(c3C(=O)Nc3ccc(CCc5ccc(C(=O)O)cc5)cc3)CCCC4)c2)CC1. The fourth-order valence-corrected chi connectivity index (χ4v) is 10.7. The van der Waals surface area contributed by atoms with Crippen LogP contribution in [0.3, 0.4) is 0 Å². The molecule has 4 aromatic rings. The molecule has 0 spiro atoms. The van der Waals surface area contributed by atoms with Gasteiger partial charge in [-0.05, 0) is 144 Å². The number of nitrogens with zero attached hydrogens (tertiary/aromatic N) is 2. The van der Waals surface area contributed by atoms with Crippen LogP contribution in [-0.4, -0.2) is 83.3 Å². The summed E-state index contributed by atoms with van der Waals surface area (Å²) in [5.41, 5.74) is 4.39. The molecule has 2 aliphatic rings. The molecule has 0 radical (unpaired) electrons. The van der Waals surface area contributed by atoms with Crippen molar-refractivity contribution in [3.8, 4) is 0 Å². The molecule has 2 heterocycles. The van der Waals surface area contributed by atoms with Crippen LogP contribution in [0, 0.1) is 0 Å². The number of carbonyl (C=O) groups excluding carboxylic acids is 2. The van der Waals surface area contributed by atoms with Crippen LogP contribution < -0.4 is 10.6 Å². The van der Waals surface area contributed by atoms with Gasteiger partial charge in [0, 0.05) is 41.2 Å². The highest BCUT2D eigenvalue weighted by atomic mass is 32.2. The third-order valence-corrected chi connectivity index (χ3v) is 14.0. The van der Waals surface area contributed by atoms with Crippen molar-refractivity contribution in [3.63, 3.8) is 0 Å². The van der Waals surface area contributed by atoms with Crippen molar-refractivity contribution < 1.29 is 37.8 Å². The number of carboxylic acid groups (broad SMARTS) is 2. The first-order chi connectivity index (χ1) is 27.3. The van der Waals surface area contributed by atoms with E-state index in [9.17, 15) is 32.7 Å². The van der Waals surface area contributed by atoms with Crippen LogP contribution in [-0.2, 0) is 40.5 Å². The number of hydrogen-bond donors (Lipinski definition) is 4. The van der Waals surface area contributed by atoms with Crippen molar-refractivity contribution in [3.05, 3.63) is 111 Å². The average molecular weight is 815 g/mol. The molecular weight excluding hydrogens is 765 g/mol. The number of aliphatic carboxylic acids is 1. The van der Waals surface area contributed by atoms with Gasteiger partial charge in [0.15, 0.2) is 0 Å².